The number of nitrogens with zero attached hydrogens (tertiary/aromatic N) is 1. The number of ether oxygens (including phenoxy) is 1. The van der Waals surface area contributed by atoms with Gasteiger partial charge in [0.25, 0.3) is 0 Å². The summed E-state index contributed by atoms with van der Waals surface area (Å²) in [5.41, 5.74) is 3.40. The van der Waals surface area contributed by atoms with Gasteiger partial charge in [-0.05, 0) is 79.5 Å². The molecule has 1 heterocycles. The number of hydrogen-bond donors (Lipinski definition) is 2. The summed E-state index contributed by atoms with van der Waals surface area (Å²) in [7, 11) is 0. The Labute approximate surface area is 259 Å². The number of aryl methyl sites for hydroxylation is 1. The van der Waals surface area contributed by atoms with Crippen LogP contribution in [-0.4, -0.2) is 40.1 Å². The van der Waals surface area contributed by atoms with Crippen LogP contribution in [0.4, 0.5) is 0 Å². The van der Waals surface area contributed by atoms with Gasteiger partial charge in [-0.25, -0.2) is 4.79 Å². The Hall–Kier alpha value is -3.52. The molecule has 3 aromatic rings. The average Bonchev–Trinajstić information content (AvgIpc) is 3.45. The quantitative estimate of drug-likeness (QED) is 0.162. The molecule has 0 saturated heterocycles. The zero-order valence-corrected chi connectivity index (χ0v) is 26.0. The van der Waals surface area contributed by atoms with E-state index < -0.39 is 11.9 Å². The number of carboxylic acid groups (broad SMARTS) is 2. The van der Waals surface area contributed by atoms with Crippen LogP contribution in [0.1, 0.15) is 83.3 Å². The third kappa shape index (κ3) is 10.9. The first-order valence-corrected chi connectivity index (χ1v) is 15.8. The zero-order chi connectivity index (χ0) is 30.7. The van der Waals surface area contributed by atoms with E-state index in [9.17, 15) is 19.8 Å². The Morgan fingerprint density at radius 3 is 2.37 bits per heavy atom. The van der Waals surface area contributed by atoms with Crippen molar-refractivity contribution < 1.29 is 24.5 Å². The lowest BCUT2D eigenvalue weighted by atomic mass is 9.85. The van der Waals surface area contributed by atoms with Crippen LogP contribution in [0.2, 0.25) is 0 Å². The molecule has 0 fully saturated rings. The molecule has 0 saturated carbocycles. The van der Waals surface area contributed by atoms with Crippen LogP contribution < -0.4 is 0 Å². The van der Waals surface area contributed by atoms with Crippen LogP contribution in [-0.2, 0) is 29.1 Å². The Kier molecular flexibility index (Phi) is 11.9. The number of aliphatic carboxylic acids is 1. The van der Waals surface area contributed by atoms with Gasteiger partial charge in [-0.3, -0.25) is 9.69 Å². The van der Waals surface area contributed by atoms with Gasteiger partial charge in [-0.2, -0.15) is 0 Å². The van der Waals surface area contributed by atoms with Crippen molar-refractivity contribution in [3.8, 4) is 0 Å². The van der Waals surface area contributed by atoms with Crippen molar-refractivity contribution in [2.45, 2.75) is 71.6 Å². The number of rotatable bonds is 17. The van der Waals surface area contributed by atoms with Gasteiger partial charge in [0.1, 0.15) is 0 Å². The molecule has 0 aliphatic heterocycles. The molecule has 1 aromatic heterocycles. The average molecular weight is 602 g/mol. The summed E-state index contributed by atoms with van der Waals surface area (Å²) in [4.78, 5) is 27.7. The third-order valence-corrected chi connectivity index (χ3v) is 8.93. The Morgan fingerprint density at radius 1 is 0.953 bits per heavy atom. The molecule has 0 bridgehead atoms. The summed E-state index contributed by atoms with van der Waals surface area (Å²) in [6, 6.07) is 21.6. The standard InChI is InChI=1S/C36H43NO5S/c1-36(2,23-34(38)39)21-22-37(24-28-13-16-30(17-14-28)35(40)41)25-33(29-11-7-4-8-12-29)42-26-32-20-19-31(43-32)18-15-27-9-5-3-6-10-27/h4-5,7-14,16-17,19-20,33H,3,6,15,18,21-26H2,1-2H3,(H,38,39)(H,40,41). The third-order valence-electron chi connectivity index (χ3n) is 7.81. The van der Waals surface area contributed by atoms with E-state index in [4.69, 9.17) is 4.74 Å². The van der Waals surface area contributed by atoms with Gasteiger partial charge in [0.15, 0.2) is 0 Å². The monoisotopic (exact) mass is 601 g/mol. The van der Waals surface area contributed by atoms with E-state index in [1.807, 2.05) is 55.5 Å². The lowest BCUT2D eigenvalue weighted by molar-refractivity contribution is -0.139. The number of hydrogen-bond acceptors (Lipinski definition) is 5. The van der Waals surface area contributed by atoms with Crippen molar-refractivity contribution in [1.82, 2.24) is 4.90 Å². The summed E-state index contributed by atoms with van der Waals surface area (Å²) >= 11 is 1.81. The number of benzene rings is 2. The molecule has 2 aromatic carbocycles. The van der Waals surface area contributed by atoms with E-state index in [2.05, 4.69) is 47.4 Å². The van der Waals surface area contributed by atoms with Gasteiger partial charge < -0.3 is 14.9 Å². The number of aromatic carboxylic acids is 1. The van der Waals surface area contributed by atoms with Crippen LogP contribution in [0.3, 0.4) is 0 Å². The Morgan fingerprint density at radius 2 is 1.70 bits per heavy atom. The van der Waals surface area contributed by atoms with Gasteiger partial charge >= 0.3 is 11.9 Å². The zero-order valence-electron chi connectivity index (χ0n) is 25.2. The predicted octanol–water partition coefficient (Wildman–Crippen LogP) is 8.31. The van der Waals surface area contributed by atoms with Crippen LogP contribution in [0.25, 0.3) is 0 Å². The first-order valence-electron chi connectivity index (χ1n) is 15.0. The molecule has 1 aliphatic carbocycles. The van der Waals surface area contributed by atoms with Crippen LogP contribution >= 0.6 is 11.3 Å². The Balaban J connectivity index is 1.46. The molecular weight excluding hydrogens is 558 g/mol. The molecule has 1 unspecified atom stereocenters. The smallest absolute Gasteiger partial charge is 0.335 e. The first-order chi connectivity index (χ1) is 20.7. The molecule has 1 aliphatic rings. The summed E-state index contributed by atoms with van der Waals surface area (Å²) < 4.78 is 6.61. The molecule has 6 nitrogen and oxygen atoms in total. The Bertz CT molecular complexity index is 1390. The van der Waals surface area contributed by atoms with E-state index in [0.29, 0.717) is 32.7 Å². The predicted molar refractivity (Wildman–Crippen MR) is 172 cm³/mol. The highest BCUT2D eigenvalue weighted by Crippen LogP contribution is 2.29. The van der Waals surface area contributed by atoms with E-state index >= 15 is 0 Å². The minimum Gasteiger partial charge on any atom is -0.481 e. The number of carboxylic acids is 2. The van der Waals surface area contributed by atoms with E-state index in [1.54, 1.807) is 12.1 Å². The van der Waals surface area contributed by atoms with Gasteiger partial charge in [0.2, 0.25) is 0 Å². The molecule has 2 N–H and O–H groups in total. The van der Waals surface area contributed by atoms with Crippen LogP contribution in [0.5, 0.6) is 0 Å². The van der Waals surface area contributed by atoms with Crippen molar-refractivity contribution in [3.63, 3.8) is 0 Å². The second-order valence-electron chi connectivity index (χ2n) is 12.1. The van der Waals surface area contributed by atoms with Crippen molar-refractivity contribution in [1.29, 1.82) is 0 Å². The molecule has 1 atom stereocenters. The van der Waals surface area contributed by atoms with Crippen LogP contribution in [0, 0.1) is 5.41 Å². The maximum absolute atomic E-state index is 11.5. The minimum absolute atomic E-state index is 0.0983. The second kappa shape index (κ2) is 15.8. The van der Waals surface area contributed by atoms with Crippen molar-refractivity contribution in [2.24, 2.45) is 5.41 Å². The molecule has 0 radical (unpaired) electrons. The molecular formula is C36H43NO5S. The minimum atomic E-state index is -0.948. The first kappa shape index (κ1) is 32.4. The van der Waals surface area contributed by atoms with E-state index in [1.165, 1.54) is 15.3 Å². The lowest BCUT2D eigenvalue weighted by Crippen LogP contribution is -2.33. The second-order valence-corrected chi connectivity index (χ2v) is 13.3. The molecule has 228 valence electrons. The largest absolute Gasteiger partial charge is 0.481 e. The summed E-state index contributed by atoms with van der Waals surface area (Å²) in [6.45, 7) is 6.39. The highest BCUT2D eigenvalue weighted by atomic mass is 32.1. The maximum atomic E-state index is 11.5. The van der Waals surface area contributed by atoms with Gasteiger partial charge in [-0.1, -0.05) is 80.1 Å². The van der Waals surface area contributed by atoms with E-state index in [-0.39, 0.29) is 23.5 Å². The maximum Gasteiger partial charge on any atom is 0.335 e. The molecule has 4 rings (SSSR count). The molecule has 7 heteroatoms. The summed E-state index contributed by atoms with van der Waals surface area (Å²) in [6.07, 6.45) is 11.8. The topological polar surface area (TPSA) is 87.1 Å². The molecule has 0 amide bonds. The van der Waals surface area contributed by atoms with Crippen molar-refractivity contribution in [2.75, 3.05) is 13.1 Å². The lowest BCUT2D eigenvalue weighted by Gasteiger charge is -2.31. The fourth-order valence-electron chi connectivity index (χ4n) is 5.30. The van der Waals surface area contributed by atoms with Crippen LogP contribution in [0.15, 0.2) is 90.5 Å². The number of carbonyl (C=O) groups is 2. The van der Waals surface area contributed by atoms with Gasteiger partial charge in [0, 0.05) is 22.8 Å². The van der Waals surface area contributed by atoms with E-state index in [0.717, 1.165) is 36.8 Å². The SMILES string of the molecule is CC(C)(CCN(Cc1ccc(C(=O)O)cc1)CC(OCc1ccc(CCC2=CCCC=C2)s1)c1ccccc1)CC(=O)O. The van der Waals surface area contributed by atoms with Crippen molar-refractivity contribution >= 4 is 23.3 Å². The molecule has 0 spiro atoms. The normalized spacial score (nSPS) is 14.1. The number of thiophene rings is 1. The highest BCUT2D eigenvalue weighted by Gasteiger charge is 2.25. The fourth-order valence-corrected chi connectivity index (χ4v) is 6.24. The molecule has 43 heavy (non-hydrogen) atoms. The highest BCUT2D eigenvalue weighted by molar-refractivity contribution is 7.11. The van der Waals surface area contributed by atoms with Crippen molar-refractivity contribution in [3.05, 3.63) is 117 Å². The number of allylic oxidation sites excluding steroid dienone is 4. The van der Waals surface area contributed by atoms with Gasteiger partial charge in [0.05, 0.1) is 24.7 Å². The fraction of sp³-hybridized carbons (Fsp3) is 0.389. The van der Waals surface area contributed by atoms with Gasteiger partial charge in [-0.15, -0.1) is 11.3 Å². The summed E-state index contributed by atoms with van der Waals surface area (Å²) in [5.74, 6) is -1.75. The summed E-state index contributed by atoms with van der Waals surface area (Å²) in [5, 5.41) is 18.7.